The van der Waals surface area contributed by atoms with Crippen LogP contribution in [0.25, 0.3) is 0 Å². The Morgan fingerprint density at radius 2 is 2.21 bits per heavy atom. The minimum absolute atomic E-state index is 0.641. The lowest BCUT2D eigenvalue weighted by Crippen LogP contribution is -2.17. The molecule has 0 unspecified atom stereocenters. The van der Waals surface area contributed by atoms with Gasteiger partial charge in [0, 0.05) is 0 Å². The predicted molar refractivity (Wildman–Crippen MR) is 56.6 cm³/mol. The first-order valence-electron chi connectivity index (χ1n) is 4.60. The average molecular weight is 192 g/mol. The molecule has 0 fully saturated rings. The molecule has 1 aromatic heterocycles. The molecule has 14 heavy (non-hydrogen) atoms. The van der Waals surface area contributed by atoms with Crippen LogP contribution in [0.15, 0.2) is 16.5 Å². The molecule has 76 valence electrons. The van der Waals surface area contributed by atoms with Crippen molar-refractivity contribution in [2.45, 2.75) is 13.1 Å². The van der Waals surface area contributed by atoms with Gasteiger partial charge < -0.3 is 9.73 Å². The van der Waals surface area contributed by atoms with Gasteiger partial charge in [-0.05, 0) is 26.2 Å². The number of hydrogen-bond acceptors (Lipinski definition) is 3. The molecule has 0 aliphatic carbocycles. The molecule has 0 aliphatic rings. The zero-order valence-corrected chi connectivity index (χ0v) is 8.71. The number of hydrogen-bond donors (Lipinski definition) is 1. The number of nitrogens with zero attached hydrogens (tertiary/aromatic N) is 1. The molecule has 0 aromatic carbocycles. The van der Waals surface area contributed by atoms with Gasteiger partial charge in [0.2, 0.25) is 0 Å². The van der Waals surface area contributed by atoms with Crippen molar-refractivity contribution in [3.63, 3.8) is 0 Å². The third-order valence-electron chi connectivity index (χ3n) is 1.86. The van der Waals surface area contributed by atoms with Gasteiger partial charge >= 0.3 is 0 Å². The number of furan rings is 1. The molecule has 0 saturated carbocycles. The third-order valence-corrected chi connectivity index (χ3v) is 1.86. The van der Waals surface area contributed by atoms with Gasteiger partial charge in [-0.25, -0.2) is 0 Å². The Morgan fingerprint density at radius 1 is 1.50 bits per heavy atom. The normalized spacial score (nSPS) is 10.4. The summed E-state index contributed by atoms with van der Waals surface area (Å²) < 4.78 is 5.57. The molecule has 1 N–H and O–H groups in total. The SMILES string of the molecule is C#CCN(C)Cc1ccc(CNC)o1. The number of nitrogens with one attached hydrogen (secondary N) is 1. The highest BCUT2D eigenvalue weighted by Crippen LogP contribution is 2.09. The van der Waals surface area contributed by atoms with Crippen molar-refractivity contribution in [1.29, 1.82) is 0 Å². The predicted octanol–water partition coefficient (Wildman–Crippen LogP) is 1.06. The van der Waals surface area contributed by atoms with Gasteiger partial charge in [-0.1, -0.05) is 5.92 Å². The monoisotopic (exact) mass is 192 g/mol. The largest absolute Gasteiger partial charge is 0.463 e. The zero-order chi connectivity index (χ0) is 10.4. The van der Waals surface area contributed by atoms with Crippen molar-refractivity contribution in [3.05, 3.63) is 23.7 Å². The van der Waals surface area contributed by atoms with Crippen LogP contribution in [0.1, 0.15) is 11.5 Å². The van der Waals surface area contributed by atoms with E-state index in [9.17, 15) is 0 Å². The van der Waals surface area contributed by atoms with Crippen LogP contribution in [0.5, 0.6) is 0 Å². The fraction of sp³-hybridized carbons (Fsp3) is 0.455. The van der Waals surface area contributed by atoms with Gasteiger partial charge in [-0.15, -0.1) is 6.42 Å². The number of rotatable bonds is 5. The molecule has 0 spiro atoms. The highest BCUT2D eigenvalue weighted by molar-refractivity contribution is 5.07. The van der Waals surface area contributed by atoms with Crippen LogP contribution in [0.4, 0.5) is 0 Å². The lowest BCUT2D eigenvalue weighted by molar-refractivity contribution is 0.319. The summed E-state index contributed by atoms with van der Waals surface area (Å²) in [5.74, 6) is 4.50. The minimum atomic E-state index is 0.641. The molecule has 0 saturated heterocycles. The van der Waals surface area contributed by atoms with E-state index in [4.69, 9.17) is 10.8 Å². The summed E-state index contributed by atoms with van der Waals surface area (Å²) >= 11 is 0. The minimum Gasteiger partial charge on any atom is -0.463 e. The topological polar surface area (TPSA) is 28.4 Å². The molecule has 1 rings (SSSR count). The Balaban J connectivity index is 2.47. The zero-order valence-electron chi connectivity index (χ0n) is 8.71. The standard InChI is InChI=1S/C11H16N2O/c1-4-7-13(3)9-11-6-5-10(14-11)8-12-2/h1,5-6,12H,7-9H2,2-3H3. The maximum atomic E-state index is 5.57. The van der Waals surface area contributed by atoms with Gasteiger partial charge in [0.05, 0.1) is 19.6 Å². The summed E-state index contributed by atoms with van der Waals surface area (Å²) in [5, 5.41) is 3.04. The fourth-order valence-corrected chi connectivity index (χ4v) is 1.25. The highest BCUT2D eigenvalue weighted by atomic mass is 16.3. The first kappa shape index (κ1) is 10.8. The van der Waals surface area contributed by atoms with Crippen LogP contribution in [0.3, 0.4) is 0 Å². The second-order valence-corrected chi connectivity index (χ2v) is 3.27. The lowest BCUT2D eigenvalue weighted by atomic mass is 10.4. The van der Waals surface area contributed by atoms with Crippen LogP contribution < -0.4 is 5.32 Å². The van der Waals surface area contributed by atoms with Crippen LogP contribution in [0.2, 0.25) is 0 Å². The first-order valence-corrected chi connectivity index (χ1v) is 4.60. The summed E-state index contributed by atoms with van der Waals surface area (Å²) in [6.07, 6.45) is 5.20. The van der Waals surface area contributed by atoms with E-state index in [1.54, 1.807) is 0 Å². The highest BCUT2D eigenvalue weighted by Gasteiger charge is 2.03. The van der Waals surface area contributed by atoms with E-state index >= 15 is 0 Å². The Hall–Kier alpha value is -1.24. The van der Waals surface area contributed by atoms with E-state index in [-0.39, 0.29) is 0 Å². The summed E-state index contributed by atoms with van der Waals surface area (Å²) in [4.78, 5) is 2.03. The van der Waals surface area contributed by atoms with E-state index in [1.807, 2.05) is 31.1 Å². The Morgan fingerprint density at radius 3 is 2.86 bits per heavy atom. The second kappa shape index (κ2) is 5.48. The second-order valence-electron chi connectivity index (χ2n) is 3.27. The Bertz CT molecular complexity index is 311. The van der Waals surface area contributed by atoms with E-state index in [0.29, 0.717) is 6.54 Å². The maximum Gasteiger partial charge on any atom is 0.118 e. The quantitative estimate of drug-likeness (QED) is 0.707. The lowest BCUT2D eigenvalue weighted by Gasteiger charge is -2.10. The van der Waals surface area contributed by atoms with Crippen molar-refractivity contribution >= 4 is 0 Å². The summed E-state index contributed by atoms with van der Waals surface area (Å²) in [7, 11) is 3.87. The molecule has 0 amide bonds. The van der Waals surface area contributed by atoms with E-state index in [2.05, 4.69) is 11.2 Å². The van der Waals surface area contributed by atoms with E-state index in [0.717, 1.165) is 24.6 Å². The summed E-state index contributed by atoms with van der Waals surface area (Å²) in [6, 6.07) is 3.97. The van der Waals surface area contributed by atoms with Gasteiger partial charge in [-0.2, -0.15) is 0 Å². The van der Waals surface area contributed by atoms with E-state index in [1.165, 1.54) is 0 Å². The Kier molecular flexibility index (Phi) is 4.24. The molecule has 3 heteroatoms. The van der Waals surface area contributed by atoms with Crippen molar-refractivity contribution in [2.24, 2.45) is 0 Å². The summed E-state index contributed by atoms with van der Waals surface area (Å²) in [6.45, 7) is 2.16. The molecular formula is C11H16N2O. The van der Waals surface area contributed by atoms with E-state index < -0.39 is 0 Å². The van der Waals surface area contributed by atoms with Crippen LogP contribution in [0, 0.1) is 12.3 Å². The average Bonchev–Trinajstić information content (AvgIpc) is 2.53. The molecule has 3 nitrogen and oxygen atoms in total. The molecular weight excluding hydrogens is 176 g/mol. The van der Waals surface area contributed by atoms with Gasteiger partial charge in [-0.3, -0.25) is 4.90 Å². The van der Waals surface area contributed by atoms with Gasteiger partial charge in [0.1, 0.15) is 11.5 Å². The maximum absolute atomic E-state index is 5.57. The van der Waals surface area contributed by atoms with Crippen molar-refractivity contribution in [3.8, 4) is 12.3 Å². The van der Waals surface area contributed by atoms with Crippen LogP contribution >= 0.6 is 0 Å². The Labute approximate surface area is 85.1 Å². The van der Waals surface area contributed by atoms with Crippen molar-refractivity contribution in [2.75, 3.05) is 20.6 Å². The number of terminal acetylenes is 1. The van der Waals surface area contributed by atoms with Crippen LogP contribution in [-0.4, -0.2) is 25.5 Å². The molecule has 1 heterocycles. The van der Waals surface area contributed by atoms with Crippen molar-refractivity contribution < 1.29 is 4.42 Å². The molecule has 0 bridgehead atoms. The van der Waals surface area contributed by atoms with Gasteiger partial charge in [0.25, 0.3) is 0 Å². The molecule has 1 aromatic rings. The third kappa shape index (κ3) is 3.25. The van der Waals surface area contributed by atoms with Crippen molar-refractivity contribution in [1.82, 2.24) is 10.2 Å². The van der Waals surface area contributed by atoms with Gasteiger partial charge in [0.15, 0.2) is 0 Å². The summed E-state index contributed by atoms with van der Waals surface area (Å²) in [5.41, 5.74) is 0. The first-order chi connectivity index (χ1) is 6.76. The smallest absolute Gasteiger partial charge is 0.118 e. The molecule has 0 radical (unpaired) electrons. The molecule has 0 atom stereocenters. The van der Waals surface area contributed by atoms with Crippen LogP contribution in [-0.2, 0) is 13.1 Å². The fourth-order valence-electron chi connectivity index (χ4n) is 1.25. The molecule has 0 aliphatic heterocycles.